The summed E-state index contributed by atoms with van der Waals surface area (Å²) in [5.41, 5.74) is 2.23. The quantitative estimate of drug-likeness (QED) is 0.114. The van der Waals surface area contributed by atoms with Gasteiger partial charge in [0.25, 0.3) is 0 Å². The number of nitrogens with zero attached hydrogens (tertiary/aromatic N) is 2. The standard InChI is InChI=1S/C15H14N2OS.C9H18.C8H16O2.C6H13NO2S/c1-10(2)18-15-14(13-8-5-9-19-13)16-11-6-3-4-7-12(11)17-15;1-4-5-6-7-8-9(2)3;1-6(2)7(9)10-8(3,4)5;1-5(2)7-10(8,9)6-3-4-6/h3-10H,1-2H3;4,9H,1,5-8H2,2-3H3;6H,1-5H3;5-7H,3-4H2,1-2H3. The first-order valence-electron chi connectivity index (χ1n) is 17.2. The molecule has 4 rings (SSSR count). The van der Waals surface area contributed by atoms with Crippen LogP contribution in [0.25, 0.3) is 21.6 Å². The van der Waals surface area contributed by atoms with E-state index >= 15 is 0 Å². The number of para-hydroxylation sites is 2. The number of hydrogen-bond acceptors (Lipinski definition) is 8. The zero-order valence-corrected chi connectivity index (χ0v) is 32.8. The van der Waals surface area contributed by atoms with Crippen LogP contribution in [0.5, 0.6) is 5.88 Å². The third-order valence-corrected chi connectivity index (χ3v) is 9.35. The van der Waals surface area contributed by atoms with Crippen LogP contribution >= 0.6 is 11.3 Å². The average molecular weight is 704 g/mol. The molecule has 0 radical (unpaired) electrons. The number of benzene rings is 1. The van der Waals surface area contributed by atoms with E-state index in [1.54, 1.807) is 11.3 Å². The van der Waals surface area contributed by atoms with Crippen molar-refractivity contribution in [3.63, 3.8) is 0 Å². The molecule has 0 bridgehead atoms. The van der Waals surface area contributed by atoms with Crippen molar-refractivity contribution in [2.24, 2.45) is 11.8 Å². The largest absolute Gasteiger partial charge is 0.473 e. The van der Waals surface area contributed by atoms with E-state index in [0.29, 0.717) is 5.88 Å². The van der Waals surface area contributed by atoms with E-state index in [-0.39, 0.29) is 34.9 Å². The zero-order valence-electron chi connectivity index (χ0n) is 31.2. The lowest BCUT2D eigenvalue weighted by atomic mass is 10.1. The number of ether oxygens (including phenoxy) is 2. The molecule has 1 N–H and O–H groups in total. The summed E-state index contributed by atoms with van der Waals surface area (Å²) in [5.74, 6) is 1.32. The fraction of sp³-hybridized carbons (Fsp3) is 0.605. The van der Waals surface area contributed by atoms with Crippen molar-refractivity contribution in [2.45, 2.75) is 138 Å². The maximum Gasteiger partial charge on any atom is 0.308 e. The van der Waals surface area contributed by atoms with E-state index in [4.69, 9.17) is 14.5 Å². The molecule has 0 aliphatic heterocycles. The minimum atomic E-state index is -2.94. The Hall–Kier alpha value is -2.82. The molecule has 3 aromatic rings. The summed E-state index contributed by atoms with van der Waals surface area (Å²) in [6.07, 6.45) is 8.99. The molecule has 270 valence electrons. The normalized spacial score (nSPS) is 12.9. The van der Waals surface area contributed by atoms with Crippen molar-refractivity contribution < 1.29 is 22.7 Å². The van der Waals surface area contributed by atoms with Crippen LogP contribution in [0.3, 0.4) is 0 Å². The highest BCUT2D eigenvalue weighted by atomic mass is 32.2. The van der Waals surface area contributed by atoms with Gasteiger partial charge in [-0.15, -0.1) is 17.9 Å². The van der Waals surface area contributed by atoms with Gasteiger partial charge >= 0.3 is 5.97 Å². The smallest absolute Gasteiger partial charge is 0.308 e. The number of fused-ring (bicyclic) bond motifs is 1. The Kier molecular flexibility index (Phi) is 19.2. The minimum Gasteiger partial charge on any atom is -0.473 e. The number of carbonyl (C=O) groups excluding carboxylic acids is 1. The van der Waals surface area contributed by atoms with Gasteiger partial charge in [-0.3, -0.25) is 4.79 Å². The maximum atomic E-state index is 11.1. The molecule has 0 atom stereocenters. The molecule has 0 amide bonds. The summed E-state index contributed by atoms with van der Waals surface area (Å²) in [7, 11) is -2.94. The van der Waals surface area contributed by atoms with E-state index in [9.17, 15) is 13.2 Å². The molecule has 2 heterocycles. The van der Waals surface area contributed by atoms with E-state index in [0.717, 1.165) is 40.4 Å². The Balaban J connectivity index is 0.000000343. The summed E-state index contributed by atoms with van der Waals surface area (Å²) in [5, 5.41) is 1.95. The van der Waals surface area contributed by atoms with Gasteiger partial charge in [-0.1, -0.05) is 64.8 Å². The van der Waals surface area contributed by atoms with Crippen LogP contribution in [0.2, 0.25) is 0 Å². The lowest BCUT2D eigenvalue weighted by molar-refractivity contribution is -0.158. The minimum absolute atomic E-state index is 0.0285. The van der Waals surface area contributed by atoms with Crippen molar-refractivity contribution in [1.82, 2.24) is 14.7 Å². The van der Waals surface area contributed by atoms with Crippen molar-refractivity contribution in [3.8, 4) is 16.5 Å². The van der Waals surface area contributed by atoms with E-state index in [2.05, 4.69) is 30.1 Å². The van der Waals surface area contributed by atoms with Crippen LogP contribution in [0.15, 0.2) is 54.4 Å². The highest BCUT2D eigenvalue weighted by Crippen LogP contribution is 2.32. The first-order chi connectivity index (χ1) is 22.4. The fourth-order valence-electron chi connectivity index (χ4n) is 3.93. The number of aromatic nitrogens is 2. The Morgan fingerprint density at radius 3 is 2.00 bits per heavy atom. The van der Waals surface area contributed by atoms with Gasteiger partial charge in [-0.2, -0.15) is 0 Å². The predicted molar refractivity (Wildman–Crippen MR) is 203 cm³/mol. The van der Waals surface area contributed by atoms with Crippen molar-refractivity contribution in [3.05, 3.63) is 54.4 Å². The molecule has 1 fully saturated rings. The molecule has 1 saturated carbocycles. The van der Waals surface area contributed by atoms with Crippen LogP contribution < -0.4 is 9.46 Å². The molecule has 0 saturated heterocycles. The summed E-state index contributed by atoms with van der Waals surface area (Å²) >= 11 is 1.64. The molecule has 0 spiro atoms. The molecule has 1 aliphatic rings. The van der Waals surface area contributed by atoms with Crippen LogP contribution in [0, 0.1) is 11.8 Å². The third kappa shape index (κ3) is 18.7. The van der Waals surface area contributed by atoms with Gasteiger partial charge in [0.2, 0.25) is 15.9 Å². The Bertz CT molecular complexity index is 1460. The Morgan fingerprint density at radius 2 is 1.58 bits per heavy atom. The summed E-state index contributed by atoms with van der Waals surface area (Å²) in [6.45, 7) is 25.1. The molecule has 0 unspecified atom stereocenters. The van der Waals surface area contributed by atoms with Gasteiger partial charge in [0.15, 0.2) is 0 Å². The molecule has 1 aliphatic carbocycles. The number of carbonyl (C=O) groups is 1. The van der Waals surface area contributed by atoms with E-state index < -0.39 is 10.0 Å². The number of hydrogen-bond donors (Lipinski definition) is 1. The van der Waals surface area contributed by atoms with Gasteiger partial charge < -0.3 is 9.47 Å². The Morgan fingerprint density at radius 1 is 0.979 bits per heavy atom. The number of rotatable bonds is 12. The van der Waals surface area contributed by atoms with Crippen molar-refractivity contribution in [2.75, 3.05) is 0 Å². The zero-order chi connectivity index (χ0) is 36.5. The number of allylic oxidation sites excluding steroid dienone is 1. The number of nitrogens with one attached hydrogen (secondary N) is 1. The van der Waals surface area contributed by atoms with Crippen LogP contribution in [-0.2, 0) is 19.6 Å². The molecular formula is C38H61N3O5S2. The topological polar surface area (TPSA) is 107 Å². The van der Waals surface area contributed by atoms with Crippen molar-refractivity contribution >= 4 is 38.4 Å². The fourth-order valence-corrected chi connectivity index (χ4v) is 6.24. The van der Waals surface area contributed by atoms with Gasteiger partial charge in [-0.05, 0) is 104 Å². The molecule has 1 aromatic carbocycles. The van der Waals surface area contributed by atoms with Crippen LogP contribution in [0.4, 0.5) is 0 Å². The van der Waals surface area contributed by atoms with Gasteiger partial charge in [0.1, 0.15) is 11.3 Å². The number of unbranched alkanes of at least 4 members (excludes halogenated alkanes) is 2. The first kappa shape index (κ1) is 43.2. The van der Waals surface area contributed by atoms with Crippen LogP contribution in [0.1, 0.15) is 115 Å². The molecular weight excluding hydrogens is 643 g/mol. The highest BCUT2D eigenvalue weighted by molar-refractivity contribution is 7.90. The third-order valence-electron chi connectivity index (χ3n) is 6.32. The van der Waals surface area contributed by atoms with Crippen LogP contribution in [-0.4, -0.2) is 47.4 Å². The average Bonchev–Trinajstić information content (AvgIpc) is 3.70. The number of sulfonamides is 1. The molecule has 10 heteroatoms. The summed E-state index contributed by atoms with van der Waals surface area (Å²) in [6, 6.07) is 11.9. The highest BCUT2D eigenvalue weighted by Gasteiger charge is 2.35. The maximum absolute atomic E-state index is 11.1. The second kappa shape index (κ2) is 21.3. The molecule has 8 nitrogen and oxygen atoms in total. The summed E-state index contributed by atoms with van der Waals surface area (Å²) < 4.78 is 35.6. The van der Waals surface area contributed by atoms with Gasteiger partial charge in [0, 0.05) is 6.04 Å². The monoisotopic (exact) mass is 703 g/mol. The number of thiophene rings is 1. The van der Waals surface area contributed by atoms with E-state index in [1.165, 1.54) is 25.7 Å². The number of esters is 1. The van der Waals surface area contributed by atoms with Gasteiger partial charge in [-0.25, -0.2) is 23.1 Å². The Labute approximate surface area is 295 Å². The molecule has 2 aromatic heterocycles. The summed E-state index contributed by atoms with van der Waals surface area (Å²) in [4.78, 5) is 21.3. The first-order valence-corrected chi connectivity index (χ1v) is 19.6. The predicted octanol–water partition coefficient (Wildman–Crippen LogP) is 9.99. The van der Waals surface area contributed by atoms with E-state index in [1.807, 2.05) is 110 Å². The second-order valence-corrected chi connectivity index (χ2v) is 17.1. The lowest BCUT2D eigenvalue weighted by Gasteiger charge is -2.20. The molecule has 48 heavy (non-hydrogen) atoms. The van der Waals surface area contributed by atoms with Gasteiger partial charge in [0.05, 0.1) is 33.2 Å². The SMILES string of the molecule is C=CCCCCC(C)C.CC(C)C(=O)OC(C)(C)C.CC(C)NS(=O)(=O)C1CC1.CC(C)Oc1nc2ccccc2nc1-c1cccs1. The lowest BCUT2D eigenvalue weighted by Crippen LogP contribution is -2.32. The second-order valence-electron chi connectivity index (χ2n) is 14.2. The van der Waals surface area contributed by atoms with Crippen molar-refractivity contribution in [1.29, 1.82) is 0 Å².